The van der Waals surface area contributed by atoms with Crippen molar-refractivity contribution in [3.8, 4) is 17.2 Å². The Kier molecular flexibility index (Phi) is 5.95. The molecule has 1 N–H and O–H groups in total. The molecule has 3 aromatic carbocycles. The lowest BCUT2D eigenvalue weighted by Gasteiger charge is -2.24. The highest BCUT2D eigenvalue weighted by atomic mass is 35.5. The maximum atomic E-state index is 13.1. The van der Waals surface area contributed by atoms with E-state index in [-0.39, 0.29) is 12.8 Å². The van der Waals surface area contributed by atoms with Gasteiger partial charge in [-0.3, -0.25) is 0 Å². The van der Waals surface area contributed by atoms with Gasteiger partial charge in [0, 0.05) is 23.8 Å². The molecule has 3 aromatic rings. The van der Waals surface area contributed by atoms with Crippen molar-refractivity contribution in [1.82, 2.24) is 4.90 Å². The number of hydrogen-bond donors (Lipinski definition) is 1. The normalized spacial score (nSPS) is 11.8. The van der Waals surface area contributed by atoms with Crippen LogP contribution in [0.4, 0.5) is 10.5 Å². The fourth-order valence-electron chi connectivity index (χ4n) is 3.15. The minimum Gasteiger partial charge on any atom is -0.497 e. The summed E-state index contributed by atoms with van der Waals surface area (Å²) in [4.78, 5) is 14.8. The fourth-order valence-corrected chi connectivity index (χ4v) is 3.27. The molecule has 7 heteroatoms. The quantitative estimate of drug-likeness (QED) is 0.582. The van der Waals surface area contributed by atoms with Crippen LogP contribution in [-0.4, -0.2) is 24.8 Å². The van der Waals surface area contributed by atoms with Crippen LogP contribution < -0.4 is 19.5 Å². The third kappa shape index (κ3) is 4.78. The summed E-state index contributed by atoms with van der Waals surface area (Å²) in [5.74, 6) is 2.17. The average molecular weight is 425 g/mol. The molecule has 1 heterocycles. The Morgan fingerprint density at radius 3 is 2.37 bits per heavy atom. The Balaban J connectivity index is 1.54. The Hall–Kier alpha value is -3.38. The number of carbonyl (C=O) groups excluding carboxylic acids is 1. The zero-order valence-electron chi connectivity index (χ0n) is 16.4. The lowest BCUT2D eigenvalue weighted by atomic mass is 10.1. The number of nitrogens with one attached hydrogen (secondary N) is 1. The molecule has 0 bridgehead atoms. The minimum absolute atomic E-state index is 0.214. The van der Waals surface area contributed by atoms with Crippen molar-refractivity contribution in [2.45, 2.75) is 13.1 Å². The summed E-state index contributed by atoms with van der Waals surface area (Å²) in [6.07, 6.45) is 0. The molecule has 154 valence electrons. The lowest BCUT2D eigenvalue weighted by molar-refractivity contribution is 0.174. The standard InChI is InChI=1S/C23H21ClN2O4/c1-28-20-9-2-16(3-10-20)13-26(23(27)25-19-7-5-18(24)6-8-19)14-17-4-11-21-22(12-17)30-15-29-21/h2-12H,13-15H2,1H3,(H,25,27). The van der Waals surface area contributed by atoms with Crippen molar-refractivity contribution < 1.29 is 19.0 Å². The highest BCUT2D eigenvalue weighted by Crippen LogP contribution is 2.33. The van der Waals surface area contributed by atoms with E-state index in [1.54, 1.807) is 36.3 Å². The lowest BCUT2D eigenvalue weighted by Crippen LogP contribution is -2.34. The Morgan fingerprint density at radius 1 is 0.967 bits per heavy atom. The monoisotopic (exact) mass is 424 g/mol. The van der Waals surface area contributed by atoms with Gasteiger partial charge in [-0.2, -0.15) is 0 Å². The zero-order valence-corrected chi connectivity index (χ0v) is 17.2. The van der Waals surface area contributed by atoms with E-state index in [2.05, 4.69) is 5.32 Å². The number of amides is 2. The van der Waals surface area contributed by atoms with Crippen molar-refractivity contribution in [2.24, 2.45) is 0 Å². The molecule has 0 aliphatic carbocycles. The summed E-state index contributed by atoms with van der Waals surface area (Å²) in [6.45, 7) is 1.05. The number of hydrogen-bond acceptors (Lipinski definition) is 4. The van der Waals surface area contributed by atoms with Crippen LogP contribution in [0.15, 0.2) is 66.7 Å². The van der Waals surface area contributed by atoms with E-state index in [1.165, 1.54) is 0 Å². The highest BCUT2D eigenvalue weighted by Gasteiger charge is 2.18. The molecular weight excluding hydrogens is 404 g/mol. The summed E-state index contributed by atoms with van der Waals surface area (Å²) in [7, 11) is 1.63. The number of rotatable bonds is 6. The molecule has 1 aliphatic heterocycles. The van der Waals surface area contributed by atoms with Gasteiger partial charge in [0.1, 0.15) is 5.75 Å². The van der Waals surface area contributed by atoms with E-state index >= 15 is 0 Å². The maximum Gasteiger partial charge on any atom is 0.322 e. The van der Waals surface area contributed by atoms with Gasteiger partial charge >= 0.3 is 6.03 Å². The number of anilines is 1. The van der Waals surface area contributed by atoms with Crippen LogP contribution in [0.5, 0.6) is 17.2 Å². The van der Waals surface area contributed by atoms with E-state index in [0.29, 0.717) is 35.3 Å². The Labute approximate surface area is 179 Å². The summed E-state index contributed by atoms with van der Waals surface area (Å²) in [5, 5.41) is 3.55. The van der Waals surface area contributed by atoms with Crippen LogP contribution in [0, 0.1) is 0 Å². The molecule has 0 spiro atoms. The molecule has 0 saturated heterocycles. The molecule has 1 aliphatic rings. The van der Waals surface area contributed by atoms with Gasteiger partial charge in [-0.05, 0) is 59.7 Å². The Morgan fingerprint density at radius 2 is 1.63 bits per heavy atom. The number of benzene rings is 3. The van der Waals surface area contributed by atoms with Crippen LogP contribution in [0.25, 0.3) is 0 Å². The summed E-state index contributed by atoms with van der Waals surface area (Å²) in [6, 6.07) is 20.2. The SMILES string of the molecule is COc1ccc(CN(Cc2ccc3c(c2)OCO3)C(=O)Nc2ccc(Cl)cc2)cc1. The van der Waals surface area contributed by atoms with E-state index < -0.39 is 0 Å². The number of fused-ring (bicyclic) bond motifs is 1. The predicted molar refractivity (Wildman–Crippen MR) is 115 cm³/mol. The predicted octanol–water partition coefficient (Wildman–Crippen LogP) is 5.31. The van der Waals surface area contributed by atoms with Crippen LogP contribution in [0.2, 0.25) is 5.02 Å². The summed E-state index contributed by atoms with van der Waals surface area (Å²) < 4.78 is 16.1. The number of halogens is 1. The first-order valence-electron chi connectivity index (χ1n) is 9.44. The van der Waals surface area contributed by atoms with Crippen molar-refractivity contribution in [2.75, 3.05) is 19.2 Å². The van der Waals surface area contributed by atoms with E-state index in [4.69, 9.17) is 25.8 Å². The fraction of sp³-hybridized carbons (Fsp3) is 0.174. The van der Waals surface area contributed by atoms with Gasteiger partial charge < -0.3 is 24.4 Å². The first kappa shape index (κ1) is 19.9. The van der Waals surface area contributed by atoms with Gasteiger partial charge in [-0.1, -0.05) is 29.8 Å². The van der Waals surface area contributed by atoms with Crippen molar-refractivity contribution in [3.05, 3.63) is 82.9 Å². The second-order valence-electron chi connectivity index (χ2n) is 6.83. The number of nitrogens with zero attached hydrogens (tertiary/aromatic N) is 1. The molecule has 0 radical (unpaired) electrons. The molecule has 6 nitrogen and oxygen atoms in total. The van der Waals surface area contributed by atoms with Gasteiger partial charge in [0.05, 0.1) is 7.11 Å². The Bertz CT molecular complexity index is 1020. The first-order chi connectivity index (χ1) is 14.6. The molecule has 0 unspecified atom stereocenters. The van der Waals surface area contributed by atoms with E-state index in [1.807, 2.05) is 42.5 Å². The second kappa shape index (κ2) is 8.97. The van der Waals surface area contributed by atoms with Crippen molar-refractivity contribution in [3.63, 3.8) is 0 Å². The van der Waals surface area contributed by atoms with Gasteiger partial charge in [0.15, 0.2) is 11.5 Å². The van der Waals surface area contributed by atoms with Crippen LogP contribution in [-0.2, 0) is 13.1 Å². The smallest absolute Gasteiger partial charge is 0.322 e. The molecule has 2 amide bonds. The van der Waals surface area contributed by atoms with Gasteiger partial charge in [-0.15, -0.1) is 0 Å². The van der Waals surface area contributed by atoms with Crippen LogP contribution in [0.3, 0.4) is 0 Å². The molecule has 0 atom stereocenters. The zero-order chi connectivity index (χ0) is 20.9. The van der Waals surface area contributed by atoms with Gasteiger partial charge in [0.2, 0.25) is 6.79 Å². The van der Waals surface area contributed by atoms with Gasteiger partial charge in [0.25, 0.3) is 0 Å². The molecular formula is C23H21ClN2O4. The maximum absolute atomic E-state index is 13.1. The summed E-state index contributed by atoms with van der Waals surface area (Å²) >= 11 is 5.94. The van der Waals surface area contributed by atoms with Crippen LogP contribution >= 0.6 is 11.6 Å². The third-order valence-electron chi connectivity index (χ3n) is 4.73. The number of urea groups is 1. The van der Waals surface area contributed by atoms with E-state index in [0.717, 1.165) is 16.9 Å². The topological polar surface area (TPSA) is 60.0 Å². The second-order valence-corrected chi connectivity index (χ2v) is 7.27. The van der Waals surface area contributed by atoms with Gasteiger partial charge in [-0.25, -0.2) is 4.79 Å². The third-order valence-corrected chi connectivity index (χ3v) is 4.98. The molecule has 30 heavy (non-hydrogen) atoms. The molecule has 0 aromatic heterocycles. The highest BCUT2D eigenvalue weighted by molar-refractivity contribution is 6.30. The summed E-state index contributed by atoms with van der Waals surface area (Å²) in [5.41, 5.74) is 2.61. The first-order valence-corrected chi connectivity index (χ1v) is 9.81. The van der Waals surface area contributed by atoms with E-state index in [9.17, 15) is 4.79 Å². The van der Waals surface area contributed by atoms with Crippen molar-refractivity contribution >= 4 is 23.3 Å². The minimum atomic E-state index is -0.217. The molecule has 0 fully saturated rings. The number of carbonyl (C=O) groups is 1. The molecule has 0 saturated carbocycles. The van der Waals surface area contributed by atoms with Crippen LogP contribution in [0.1, 0.15) is 11.1 Å². The number of methoxy groups -OCH3 is 1. The average Bonchev–Trinajstić information content (AvgIpc) is 3.23. The number of ether oxygens (including phenoxy) is 3. The van der Waals surface area contributed by atoms with Crippen molar-refractivity contribution in [1.29, 1.82) is 0 Å². The largest absolute Gasteiger partial charge is 0.497 e. The molecule has 4 rings (SSSR count).